The highest BCUT2D eigenvalue weighted by Gasteiger charge is 2.52. The molecule has 1 aliphatic heterocycles. The molecule has 156 valence electrons. The molecule has 0 amide bonds. The predicted molar refractivity (Wildman–Crippen MR) is 118 cm³/mol. The summed E-state index contributed by atoms with van der Waals surface area (Å²) < 4.78 is 27.3. The molecule has 4 aromatic rings. The SMILES string of the molecule is Fc1ccc2[nH]cc([C@H]3CCC4(C3)O[C@@H](c3ccccc3)[C@H](c3ccccc3)O4)c2c1. The predicted octanol–water partition coefficient (Wildman–Crippen LogP) is 6.80. The van der Waals surface area contributed by atoms with Crippen molar-refractivity contribution >= 4 is 10.9 Å². The van der Waals surface area contributed by atoms with E-state index >= 15 is 0 Å². The number of benzene rings is 3. The number of aromatic nitrogens is 1. The van der Waals surface area contributed by atoms with Crippen molar-refractivity contribution in [2.75, 3.05) is 0 Å². The Balaban J connectivity index is 1.33. The molecule has 6 rings (SSSR count). The van der Waals surface area contributed by atoms with Gasteiger partial charge in [-0.2, -0.15) is 0 Å². The molecule has 0 bridgehead atoms. The molecular weight excluding hydrogens is 389 g/mol. The molecule has 1 aliphatic carbocycles. The first-order chi connectivity index (χ1) is 15.2. The van der Waals surface area contributed by atoms with Crippen molar-refractivity contribution in [3.63, 3.8) is 0 Å². The standard InChI is InChI=1S/C27H24FNO2/c28-21-11-12-24-22(15-21)23(17-29-24)20-13-14-27(16-20)30-25(18-7-3-1-4-8-18)26(31-27)19-9-5-2-6-10-19/h1-12,15,17,20,25-26,29H,13-14,16H2/t20-,25-,26-/m0/s1. The Hall–Kier alpha value is -2.95. The zero-order chi connectivity index (χ0) is 20.8. The maximum Gasteiger partial charge on any atom is 0.170 e. The molecule has 2 fully saturated rings. The van der Waals surface area contributed by atoms with Crippen LogP contribution in [0.5, 0.6) is 0 Å². The van der Waals surface area contributed by atoms with Crippen LogP contribution in [0.2, 0.25) is 0 Å². The zero-order valence-electron chi connectivity index (χ0n) is 17.1. The Morgan fingerprint density at radius 3 is 2.13 bits per heavy atom. The lowest BCUT2D eigenvalue weighted by atomic mass is 9.96. The number of nitrogens with one attached hydrogen (secondary N) is 1. The number of rotatable bonds is 3. The fraction of sp³-hybridized carbons (Fsp3) is 0.259. The van der Waals surface area contributed by atoms with Crippen LogP contribution in [-0.4, -0.2) is 10.8 Å². The van der Waals surface area contributed by atoms with Crippen LogP contribution >= 0.6 is 0 Å². The molecule has 1 N–H and O–H groups in total. The van der Waals surface area contributed by atoms with E-state index in [1.54, 1.807) is 12.1 Å². The smallest absolute Gasteiger partial charge is 0.170 e. The van der Waals surface area contributed by atoms with Gasteiger partial charge in [-0.25, -0.2) is 4.39 Å². The topological polar surface area (TPSA) is 34.2 Å². The maximum absolute atomic E-state index is 13.9. The molecular formula is C27H24FNO2. The van der Waals surface area contributed by atoms with E-state index in [0.717, 1.165) is 46.9 Å². The minimum Gasteiger partial charge on any atom is -0.361 e. The van der Waals surface area contributed by atoms with Gasteiger partial charge in [0.05, 0.1) is 0 Å². The van der Waals surface area contributed by atoms with E-state index in [9.17, 15) is 4.39 Å². The minimum atomic E-state index is -0.622. The fourth-order valence-corrected chi connectivity index (χ4v) is 5.29. The summed E-state index contributed by atoms with van der Waals surface area (Å²) in [6.07, 6.45) is 4.26. The lowest BCUT2D eigenvalue weighted by Gasteiger charge is -2.23. The zero-order valence-corrected chi connectivity index (χ0v) is 17.1. The first kappa shape index (κ1) is 18.8. The van der Waals surface area contributed by atoms with E-state index in [1.807, 2.05) is 42.6 Å². The van der Waals surface area contributed by atoms with Gasteiger partial charge in [0.1, 0.15) is 18.0 Å². The second kappa shape index (κ2) is 7.33. The number of fused-ring (bicyclic) bond motifs is 1. The Labute approximate surface area is 180 Å². The molecule has 0 unspecified atom stereocenters. The van der Waals surface area contributed by atoms with Crippen LogP contribution in [0.3, 0.4) is 0 Å². The number of H-pyrrole nitrogens is 1. The van der Waals surface area contributed by atoms with Crippen LogP contribution in [0.4, 0.5) is 4.39 Å². The highest BCUT2D eigenvalue weighted by atomic mass is 19.1. The number of halogens is 1. The van der Waals surface area contributed by atoms with Crippen LogP contribution in [0.25, 0.3) is 10.9 Å². The molecule has 3 atom stereocenters. The van der Waals surface area contributed by atoms with Crippen LogP contribution < -0.4 is 0 Å². The van der Waals surface area contributed by atoms with Gasteiger partial charge in [0.25, 0.3) is 0 Å². The normalized spacial score (nSPS) is 24.9. The van der Waals surface area contributed by atoms with Crippen molar-refractivity contribution < 1.29 is 13.9 Å². The van der Waals surface area contributed by atoms with Crippen LogP contribution in [0.15, 0.2) is 85.1 Å². The van der Waals surface area contributed by atoms with Gasteiger partial charge >= 0.3 is 0 Å². The summed E-state index contributed by atoms with van der Waals surface area (Å²) in [6.45, 7) is 0. The van der Waals surface area contributed by atoms with Crippen molar-refractivity contribution in [3.8, 4) is 0 Å². The van der Waals surface area contributed by atoms with E-state index in [-0.39, 0.29) is 23.9 Å². The first-order valence-corrected chi connectivity index (χ1v) is 10.9. The van der Waals surface area contributed by atoms with Gasteiger partial charge in [-0.05, 0) is 47.2 Å². The fourth-order valence-electron chi connectivity index (χ4n) is 5.29. The lowest BCUT2D eigenvalue weighted by molar-refractivity contribution is -0.171. The lowest BCUT2D eigenvalue weighted by Crippen LogP contribution is -2.26. The Kier molecular flexibility index (Phi) is 4.44. The summed E-state index contributed by atoms with van der Waals surface area (Å²) in [5.74, 6) is -0.563. The van der Waals surface area contributed by atoms with Crippen molar-refractivity contribution in [3.05, 3.63) is 108 Å². The largest absolute Gasteiger partial charge is 0.361 e. The van der Waals surface area contributed by atoms with Crippen LogP contribution in [-0.2, 0) is 9.47 Å². The summed E-state index contributed by atoms with van der Waals surface area (Å²) in [7, 11) is 0. The second-order valence-corrected chi connectivity index (χ2v) is 8.68. The van der Waals surface area contributed by atoms with E-state index in [0.29, 0.717) is 0 Å². The molecule has 31 heavy (non-hydrogen) atoms. The van der Waals surface area contributed by atoms with Crippen molar-refractivity contribution in [1.82, 2.24) is 4.98 Å². The summed E-state index contributed by atoms with van der Waals surface area (Å²) in [5.41, 5.74) is 4.38. The molecule has 2 aliphatic rings. The number of ether oxygens (including phenoxy) is 2. The summed E-state index contributed by atoms with van der Waals surface area (Å²) in [4.78, 5) is 3.29. The monoisotopic (exact) mass is 413 g/mol. The Bertz CT molecular complexity index is 1160. The first-order valence-electron chi connectivity index (χ1n) is 10.9. The molecule has 3 nitrogen and oxygen atoms in total. The molecule has 1 spiro atoms. The van der Waals surface area contributed by atoms with E-state index in [1.165, 1.54) is 6.07 Å². The minimum absolute atomic E-state index is 0.150. The molecule has 1 saturated heterocycles. The molecule has 4 heteroatoms. The van der Waals surface area contributed by atoms with E-state index in [2.05, 4.69) is 29.2 Å². The third-order valence-electron chi connectivity index (χ3n) is 6.76. The third kappa shape index (κ3) is 3.27. The van der Waals surface area contributed by atoms with Crippen molar-refractivity contribution in [2.45, 2.75) is 43.2 Å². The third-order valence-corrected chi connectivity index (χ3v) is 6.76. The number of aromatic amines is 1. The van der Waals surface area contributed by atoms with Gasteiger partial charge in [0, 0.05) is 29.9 Å². The van der Waals surface area contributed by atoms with Gasteiger partial charge in [-0.1, -0.05) is 60.7 Å². The van der Waals surface area contributed by atoms with Crippen LogP contribution in [0, 0.1) is 5.82 Å². The average Bonchev–Trinajstić information content (AvgIpc) is 3.52. The van der Waals surface area contributed by atoms with Gasteiger partial charge in [0.2, 0.25) is 0 Å². The van der Waals surface area contributed by atoms with Gasteiger partial charge < -0.3 is 14.5 Å². The Morgan fingerprint density at radius 2 is 1.48 bits per heavy atom. The number of hydrogen-bond donors (Lipinski definition) is 1. The average molecular weight is 413 g/mol. The Morgan fingerprint density at radius 1 is 0.839 bits per heavy atom. The molecule has 0 radical (unpaired) electrons. The highest BCUT2D eigenvalue weighted by Crippen LogP contribution is 2.56. The van der Waals surface area contributed by atoms with Crippen molar-refractivity contribution in [2.24, 2.45) is 0 Å². The van der Waals surface area contributed by atoms with Crippen molar-refractivity contribution in [1.29, 1.82) is 0 Å². The summed E-state index contributed by atoms with van der Waals surface area (Å²) >= 11 is 0. The molecule has 3 aromatic carbocycles. The molecule has 1 aromatic heterocycles. The quantitative estimate of drug-likeness (QED) is 0.401. The van der Waals surface area contributed by atoms with Crippen LogP contribution in [0.1, 0.15) is 54.1 Å². The summed E-state index contributed by atoms with van der Waals surface area (Å²) in [6, 6.07) is 25.6. The molecule has 2 heterocycles. The molecule has 1 saturated carbocycles. The van der Waals surface area contributed by atoms with E-state index in [4.69, 9.17) is 9.47 Å². The van der Waals surface area contributed by atoms with Gasteiger partial charge in [-0.15, -0.1) is 0 Å². The second-order valence-electron chi connectivity index (χ2n) is 8.68. The number of hydrogen-bond acceptors (Lipinski definition) is 2. The van der Waals surface area contributed by atoms with Gasteiger partial charge in [0.15, 0.2) is 5.79 Å². The van der Waals surface area contributed by atoms with E-state index < -0.39 is 5.79 Å². The van der Waals surface area contributed by atoms with Gasteiger partial charge in [-0.3, -0.25) is 0 Å². The maximum atomic E-state index is 13.9. The highest BCUT2D eigenvalue weighted by molar-refractivity contribution is 5.83. The summed E-state index contributed by atoms with van der Waals surface area (Å²) in [5, 5.41) is 0.958.